The average Bonchev–Trinajstić information content (AvgIpc) is 2.82. The molecule has 3 nitrogen and oxygen atoms in total. The van der Waals surface area contributed by atoms with Crippen molar-refractivity contribution in [2.24, 2.45) is 7.05 Å². The highest BCUT2D eigenvalue weighted by molar-refractivity contribution is 9.12. The van der Waals surface area contributed by atoms with Crippen LogP contribution in [0.1, 0.15) is 24.2 Å². The first-order valence-electron chi connectivity index (χ1n) is 5.29. The Morgan fingerprint density at radius 3 is 2.76 bits per heavy atom. The van der Waals surface area contributed by atoms with E-state index in [4.69, 9.17) is 0 Å². The Balaban J connectivity index is 2.38. The molecule has 17 heavy (non-hydrogen) atoms. The van der Waals surface area contributed by atoms with Crippen molar-refractivity contribution in [1.29, 1.82) is 0 Å². The molecule has 0 radical (unpaired) electrons. The molecule has 2 heterocycles. The van der Waals surface area contributed by atoms with E-state index in [-0.39, 0.29) is 6.04 Å². The van der Waals surface area contributed by atoms with Crippen LogP contribution in [0.25, 0.3) is 0 Å². The van der Waals surface area contributed by atoms with E-state index in [1.54, 1.807) is 11.3 Å². The van der Waals surface area contributed by atoms with Gasteiger partial charge in [0, 0.05) is 18.8 Å². The molecule has 6 heteroatoms. The van der Waals surface area contributed by atoms with Crippen molar-refractivity contribution in [1.82, 2.24) is 15.1 Å². The largest absolute Gasteiger partial charge is 0.305 e. The van der Waals surface area contributed by atoms with Gasteiger partial charge >= 0.3 is 0 Å². The molecule has 2 rings (SSSR count). The van der Waals surface area contributed by atoms with Crippen LogP contribution in [0, 0.1) is 0 Å². The van der Waals surface area contributed by atoms with E-state index >= 15 is 0 Å². The Hall–Kier alpha value is -0.170. The van der Waals surface area contributed by atoms with Gasteiger partial charge < -0.3 is 5.32 Å². The Morgan fingerprint density at radius 2 is 2.29 bits per heavy atom. The molecule has 0 aliphatic rings. The second-order valence-corrected chi connectivity index (χ2v) is 7.43. The van der Waals surface area contributed by atoms with E-state index in [1.165, 1.54) is 5.56 Å². The zero-order chi connectivity index (χ0) is 12.4. The highest BCUT2D eigenvalue weighted by atomic mass is 79.9. The van der Waals surface area contributed by atoms with Gasteiger partial charge in [0.2, 0.25) is 0 Å². The molecule has 0 fully saturated rings. The summed E-state index contributed by atoms with van der Waals surface area (Å²) in [6.07, 6.45) is 1.97. The Morgan fingerprint density at radius 1 is 1.53 bits per heavy atom. The molecule has 0 aromatic carbocycles. The molecule has 0 aliphatic heterocycles. The van der Waals surface area contributed by atoms with Crippen LogP contribution in [-0.4, -0.2) is 16.3 Å². The van der Waals surface area contributed by atoms with Crippen molar-refractivity contribution in [3.63, 3.8) is 0 Å². The fourth-order valence-corrected chi connectivity index (χ4v) is 4.62. The standard InChI is InChI=1S/C11H13Br2N3S/c1-3-14-10(8-4-5-16(2)15-8)7-6-9(12)17-11(7)13/h4-6,10,14H,3H2,1-2H3. The van der Waals surface area contributed by atoms with Crippen LogP contribution in [-0.2, 0) is 7.05 Å². The summed E-state index contributed by atoms with van der Waals surface area (Å²) in [5.41, 5.74) is 2.27. The molecule has 0 bridgehead atoms. The first kappa shape index (κ1) is 13.3. The van der Waals surface area contributed by atoms with Gasteiger partial charge in [0.05, 0.1) is 19.3 Å². The number of thiophene rings is 1. The van der Waals surface area contributed by atoms with Crippen LogP contribution in [0.5, 0.6) is 0 Å². The predicted molar refractivity (Wildman–Crippen MR) is 78.4 cm³/mol. The Labute approximate surface area is 121 Å². The van der Waals surface area contributed by atoms with Crippen LogP contribution in [0.15, 0.2) is 25.9 Å². The molecule has 0 saturated carbocycles. The molecule has 1 atom stereocenters. The maximum absolute atomic E-state index is 4.48. The van der Waals surface area contributed by atoms with E-state index in [0.29, 0.717) is 0 Å². The number of hydrogen-bond donors (Lipinski definition) is 1. The third kappa shape index (κ3) is 2.99. The van der Waals surface area contributed by atoms with Crippen molar-refractivity contribution in [3.05, 3.63) is 37.2 Å². The minimum atomic E-state index is 0.137. The summed E-state index contributed by atoms with van der Waals surface area (Å²) in [6.45, 7) is 3.01. The molecule has 2 aromatic rings. The van der Waals surface area contributed by atoms with E-state index in [0.717, 1.165) is 19.8 Å². The van der Waals surface area contributed by atoms with Gasteiger partial charge in [0.25, 0.3) is 0 Å². The van der Waals surface area contributed by atoms with Gasteiger partial charge in [-0.05, 0) is 50.5 Å². The Bertz CT molecular complexity index is 507. The number of aryl methyl sites for hydroxylation is 1. The minimum Gasteiger partial charge on any atom is -0.305 e. The molecule has 0 aliphatic carbocycles. The zero-order valence-corrected chi connectivity index (χ0v) is 13.6. The summed E-state index contributed by atoms with van der Waals surface area (Å²) in [4.78, 5) is 0. The van der Waals surface area contributed by atoms with Crippen molar-refractivity contribution >= 4 is 43.2 Å². The molecule has 0 amide bonds. The highest BCUT2D eigenvalue weighted by Gasteiger charge is 2.20. The van der Waals surface area contributed by atoms with Gasteiger partial charge in [-0.3, -0.25) is 4.68 Å². The summed E-state index contributed by atoms with van der Waals surface area (Å²) in [7, 11) is 1.94. The van der Waals surface area contributed by atoms with Gasteiger partial charge in [0.1, 0.15) is 0 Å². The summed E-state index contributed by atoms with van der Waals surface area (Å²) in [5, 5.41) is 7.94. The highest BCUT2D eigenvalue weighted by Crippen LogP contribution is 2.37. The Kier molecular flexibility index (Phi) is 4.41. The monoisotopic (exact) mass is 377 g/mol. The molecule has 92 valence electrons. The van der Waals surface area contributed by atoms with Crippen molar-refractivity contribution in [3.8, 4) is 0 Å². The normalized spacial score (nSPS) is 12.9. The lowest BCUT2D eigenvalue weighted by molar-refractivity contribution is 0.599. The molecule has 2 aromatic heterocycles. The lowest BCUT2D eigenvalue weighted by atomic mass is 10.1. The van der Waals surface area contributed by atoms with Crippen molar-refractivity contribution < 1.29 is 0 Å². The predicted octanol–water partition coefficient (Wildman–Crippen LogP) is 3.71. The van der Waals surface area contributed by atoms with Gasteiger partial charge in [-0.15, -0.1) is 11.3 Å². The molecule has 1 unspecified atom stereocenters. The summed E-state index contributed by atoms with van der Waals surface area (Å²) in [6, 6.07) is 4.32. The first-order valence-corrected chi connectivity index (χ1v) is 7.69. The van der Waals surface area contributed by atoms with Crippen LogP contribution < -0.4 is 5.32 Å². The van der Waals surface area contributed by atoms with E-state index in [1.807, 2.05) is 24.0 Å². The molecule has 0 spiro atoms. The first-order chi connectivity index (χ1) is 8.11. The maximum Gasteiger partial charge on any atom is 0.0840 e. The quantitative estimate of drug-likeness (QED) is 0.878. The maximum atomic E-state index is 4.48. The van der Waals surface area contributed by atoms with Gasteiger partial charge in [-0.1, -0.05) is 6.92 Å². The molecular formula is C11H13Br2N3S. The lowest BCUT2D eigenvalue weighted by Crippen LogP contribution is -2.22. The number of hydrogen-bond acceptors (Lipinski definition) is 3. The second-order valence-electron chi connectivity index (χ2n) is 3.68. The van der Waals surface area contributed by atoms with Crippen LogP contribution in [0.3, 0.4) is 0 Å². The number of aromatic nitrogens is 2. The topological polar surface area (TPSA) is 29.9 Å². The van der Waals surface area contributed by atoms with Gasteiger partial charge in [-0.25, -0.2) is 0 Å². The lowest BCUT2D eigenvalue weighted by Gasteiger charge is -2.15. The van der Waals surface area contributed by atoms with Gasteiger partial charge in [0.15, 0.2) is 0 Å². The minimum absolute atomic E-state index is 0.137. The van der Waals surface area contributed by atoms with Crippen LogP contribution >= 0.6 is 43.2 Å². The molecule has 1 N–H and O–H groups in total. The average molecular weight is 379 g/mol. The number of rotatable bonds is 4. The van der Waals surface area contributed by atoms with Gasteiger partial charge in [-0.2, -0.15) is 5.10 Å². The SMILES string of the molecule is CCNC(c1ccn(C)n1)c1cc(Br)sc1Br. The van der Waals surface area contributed by atoms with Crippen molar-refractivity contribution in [2.45, 2.75) is 13.0 Å². The summed E-state index contributed by atoms with van der Waals surface area (Å²) < 4.78 is 4.09. The number of nitrogens with zero attached hydrogens (tertiary/aromatic N) is 2. The third-order valence-corrected chi connectivity index (χ3v) is 4.82. The zero-order valence-electron chi connectivity index (χ0n) is 9.58. The third-order valence-electron chi connectivity index (χ3n) is 2.43. The fourth-order valence-electron chi connectivity index (χ4n) is 1.71. The molecular weight excluding hydrogens is 366 g/mol. The van der Waals surface area contributed by atoms with E-state index < -0.39 is 0 Å². The number of halogens is 2. The molecule has 0 saturated heterocycles. The van der Waals surface area contributed by atoms with Crippen LogP contribution in [0.4, 0.5) is 0 Å². The van der Waals surface area contributed by atoms with E-state index in [2.05, 4.69) is 55.3 Å². The number of nitrogens with one attached hydrogen (secondary N) is 1. The van der Waals surface area contributed by atoms with Crippen molar-refractivity contribution in [2.75, 3.05) is 6.54 Å². The van der Waals surface area contributed by atoms with Crippen LogP contribution in [0.2, 0.25) is 0 Å². The summed E-state index contributed by atoms with van der Waals surface area (Å²) in [5.74, 6) is 0. The smallest absolute Gasteiger partial charge is 0.0840 e. The second kappa shape index (κ2) is 5.65. The fraction of sp³-hybridized carbons (Fsp3) is 0.364. The summed E-state index contributed by atoms with van der Waals surface area (Å²) >= 11 is 8.80. The van der Waals surface area contributed by atoms with E-state index in [9.17, 15) is 0 Å².